The van der Waals surface area contributed by atoms with Gasteiger partial charge in [0.15, 0.2) is 21.4 Å². The third-order valence-electron chi connectivity index (χ3n) is 8.03. The Labute approximate surface area is 193 Å². The number of hydrogen-bond donors (Lipinski definition) is 0. The van der Waals surface area contributed by atoms with Crippen molar-refractivity contribution in [3.63, 3.8) is 0 Å². The average molecular weight is 497 g/mol. The molecule has 1 saturated carbocycles. The van der Waals surface area contributed by atoms with Crippen LogP contribution in [0.5, 0.6) is 5.75 Å². The Morgan fingerprint density at radius 2 is 1.58 bits per heavy atom. The van der Waals surface area contributed by atoms with Gasteiger partial charge in [0.2, 0.25) is 0 Å². The summed E-state index contributed by atoms with van der Waals surface area (Å²) in [4.78, 5) is 0.0510. The standard InChI is InChI=1S/C24H26F2O5S2/c1-16-3-5-17(6-4-16)33(29,30)24-10-2-9-23(11-13-32(27,28)14-12-23)20(24)15-31-22-19(26)8-7-18(25)21(22)24/h3-8,20H,2,9-15H2,1H3. The zero-order valence-electron chi connectivity index (χ0n) is 18.3. The lowest BCUT2D eigenvalue weighted by molar-refractivity contribution is -0.00837. The molecular formula is C24H26F2O5S2. The summed E-state index contributed by atoms with van der Waals surface area (Å²) in [6, 6.07) is 8.30. The Morgan fingerprint density at radius 3 is 2.24 bits per heavy atom. The summed E-state index contributed by atoms with van der Waals surface area (Å²) in [6.07, 6.45) is 1.81. The van der Waals surface area contributed by atoms with E-state index in [4.69, 9.17) is 4.74 Å². The van der Waals surface area contributed by atoms with Crippen molar-refractivity contribution in [3.8, 4) is 5.75 Å². The lowest BCUT2D eigenvalue weighted by Crippen LogP contribution is -2.59. The van der Waals surface area contributed by atoms with Crippen LogP contribution in [-0.2, 0) is 24.4 Å². The highest BCUT2D eigenvalue weighted by molar-refractivity contribution is 7.92. The van der Waals surface area contributed by atoms with E-state index in [9.17, 15) is 21.2 Å². The molecule has 5 rings (SSSR count). The summed E-state index contributed by atoms with van der Waals surface area (Å²) in [7, 11) is -7.40. The van der Waals surface area contributed by atoms with E-state index in [0.717, 1.165) is 17.7 Å². The Morgan fingerprint density at radius 1 is 0.939 bits per heavy atom. The first kappa shape index (κ1) is 22.8. The minimum Gasteiger partial charge on any atom is -0.490 e. The number of rotatable bonds is 2. The van der Waals surface area contributed by atoms with E-state index in [0.29, 0.717) is 25.7 Å². The fourth-order valence-corrected chi connectivity index (χ4v) is 10.4. The van der Waals surface area contributed by atoms with Gasteiger partial charge in [0.05, 0.1) is 28.6 Å². The van der Waals surface area contributed by atoms with Crippen LogP contribution in [0.4, 0.5) is 8.78 Å². The molecule has 2 unspecified atom stereocenters. The van der Waals surface area contributed by atoms with Crippen LogP contribution in [0.3, 0.4) is 0 Å². The molecule has 2 fully saturated rings. The summed E-state index contributed by atoms with van der Waals surface area (Å²) in [6.45, 7) is 1.74. The minimum absolute atomic E-state index is 0.0390. The molecule has 9 heteroatoms. The normalized spacial score (nSPS) is 27.9. The van der Waals surface area contributed by atoms with Crippen molar-refractivity contribution >= 4 is 19.7 Å². The van der Waals surface area contributed by atoms with Crippen LogP contribution in [0.15, 0.2) is 41.3 Å². The molecule has 2 atom stereocenters. The molecule has 0 radical (unpaired) electrons. The maximum Gasteiger partial charge on any atom is 0.188 e. The second-order valence-corrected chi connectivity index (χ2v) is 14.2. The topological polar surface area (TPSA) is 77.5 Å². The summed E-state index contributed by atoms with van der Waals surface area (Å²) < 4.78 is 87.4. The Kier molecular flexibility index (Phi) is 5.18. The van der Waals surface area contributed by atoms with Crippen LogP contribution in [0.2, 0.25) is 0 Å². The largest absolute Gasteiger partial charge is 0.490 e. The monoisotopic (exact) mass is 496 g/mol. The SMILES string of the molecule is Cc1ccc(S(=O)(=O)C23CCCC4(CCS(=O)(=O)CC4)C2COc2c(F)ccc(F)c23)cc1. The van der Waals surface area contributed by atoms with Gasteiger partial charge in [0, 0.05) is 5.92 Å². The maximum atomic E-state index is 15.4. The van der Waals surface area contributed by atoms with Gasteiger partial charge in [-0.15, -0.1) is 0 Å². The van der Waals surface area contributed by atoms with Crippen LogP contribution in [0.1, 0.15) is 43.2 Å². The van der Waals surface area contributed by atoms with Gasteiger partial charge in [-0.1, -0.05) is 24.1 Å². The highest BCUT2D eigenvalue weighted by atomic mass is 32.2. The number of sulfone groups is 2. The average Bonchev–Trinajstić information content (AvgIpc) is 2.78. The van der Waals surface area contributed by atoms with Gasteiger partial charge in [0.25, 0.3) is 0 Å². The van der Waals surface area contributed by atoms with Crippen LogP contribution in [0.25, 0.3) is 0 Å². The van der Waals surface area contributed by atoms with E-state index in [2.05, 4.69) is 0 Å². The highest BCUT2D eigenvalue weighted by Gasteiger charge is 2.65. The molecule has 2 aromatic carbocycles. The number of hydrogen-bond acceptors (Lipinski definition) is 5. The second kappa shape index (κ2) is 7.50. The van der Waals surface area contributed by atoms with E-state index in [1.54, 1.807) is 12.1 Å². The quantitative estimate of drug-likeness (QED) is 0.619. The summed E-state index contributed by atoms with van der Waals surface area (Å²) in [5.41, 5.74) is -0.00494. The van der Waals surface area contributed by atoms with Gasteiger partial charge in [-0.2, -0.15) is 0 Å². The van der Waals surface area contributed by atoms with Crippen molar-refractivity contribution in [2.45, 2.75) is 48.7 Å². The van der Waals surface area contributed by atoms with Gasteiger partial charge in [-0.3, -0.25) is 0 Å². The number of aryl methyl sites for hydroxylation is 1. The van der Waals surface area contributed by atoms with Crippen LogP contribution in [0, 0.1) is 29.9 Å². The Bertz CT molecular complexity index is 1310. The van der Waals surface area contributed by atoms with E-state index >= 15 is 4.39 Å². The van der Waals surface area contributed by atoms with Crippen molar-refractivity contribution in [1.29, 1.82) is 0 Å². The second-order valence-electron chi connectivity index (χ2n) is 9.67. The van der Waals surface area contributed by atoms with Crippen LogP contribution in [-0.4, -0.2) is 34.9 Å². The maximum absolute atomic E-state index is 15.4. The predicted octanol–water partition coefficient (Wildman–Crippen LogP) is 4.33. The van der Waals surface area contributed by atoms with E-state index < -0.39 is 47.4 Å². The Hall–Kier alpha value is -2.00. The van der Waals surface area contributed by atoms with Gasteiger partial charge < -0.3 is 4.74 Å². The zero-order chi connectivity index (χ0) is 23.6. The lowest BCUT2D eigenvalue weighted by Gasteiger charge is -2.57. The fraction of sp³-hybridized carbons (Fsp3) is 0.500. The predicted molar refractivity (Wildman–Crippen MR) is 120 cm³/mol. The minimum atomic E-state index is -4.19. The number of fused-ring (bicyclic) bond motifs is 4. The van der Waals surface area contributed by atoms with E-state index in [1.165, 1.54) is 12.1 Å². The molecule has 0 N–H and O–H groups in total. The van der Waals surface area contributed by atoms with Crippen molar-refractivity contribution in [2.24, 2.45) is 11.3 Å². The highest BCUT2D eigenvalue weighted by Crippen LogP contribution is 2.64. The molecule has 5 nitrogen and oxygen atoms in total. The van der Waals surface area contributed by atoms with Crippen LogP contribution >= 0.6 is 0 Å². The number of halogens is 2. The molecule has 2 aliphatic heterocycles. The summed E-state index contributed by atoms with van der Waals surface area (Å²) in [5.74, 6) is -2.72. The molecule has 0 amide bonds. The number of ether oxygens (including phenoxy) is 1. The first-order chi connectivity index (χ1) is 15.5. The Balaban J connectivity index is 1.79. The zero-order valence-corrected chi connectivity index (χ0v) is 19.9. The molecule has 2 aromatic rings. The first-order valence-electron chi connectivity index (χ1n) is 11.2. The summed E-state index contributed by atoms with van der Waals surface area (Å²) in [5, 5.41) is 0. The van der Waals surface area contributed by atoms with Gasteiger partial charge in [0.1, 0.15) is 20.4 Å². The van der Waals surface area contributed by atoms with Crippen LogP contribution < -0.4 is 4.74 Å². The molecule has 178 valence electrons. The van der Waals surface area contributed by atoms with Gasteiger partial charge in [-0.05, 0) is 62.3 Å². The first-order valence-corrected chi connectivity index (χ1v) is 14.5. The summed E-state index contributed by atoms with van der Waals surface area (Å²) >= 11 is 0. The molecule has 1 spiro atoms. The molecular weight excluding hydrogens is 470 g/mol. The smallest absolute Gasteiger partial charge is 0.188 e. The van der Waals surface area contributed by atoms with E-state index in [-0.39, 0.29) is 40.7 Å². The van der Waals surface area contributed by atoms with Crippen molar-refractivity contribution in [2.75, 3.05) is 18.1 Å². The molecule has 2 heterocycles. The van der Waals surface area contributed by atoms with Crippen molar-refractivity contribution in [3.05, 3.63) is 59.2 Å². The third-order valence-corrected chi connectivity index (χ3v) is 12.2. The molecule has 0 bridgehead atoms. The molecule has 1 aliphatic carbocycles. The van der Waals surface area contributed by atoms with E-state index in [1.807, 2.05) is 6.92 Å². The molecule has 0 aromatic heterocycles. The van der Waals surface area contributed by atoms with Crippen molar-refractivity contribution < 1.29 is 30.4 Å². The molecule has 3 aliphatic rings. The lowest BCUT2D eigenvalue weighted by atomic mass is 9.56. The molecule has 1 saturated heterocycles. The molecule has 33 heavy (non-hydrogen) atoms. The third kappa shape index (κ3) is 3.26. The van der Waals surface area contributed by atoms with Gasteiger partial charge >= 0.3 is 0 Å². The fourth-order valence-electron chi connectivity index (χ4n) is 6.32. The number of benzene rings is 2. The van der Waals surface area contributed by atoms with Crippen molar-refractivity contribution in [1.82, 2.24) is 0 Å². The van der Waals surface area contributed by atoms with Gasteiger partial charge in [-0.25, -0.2) is 25.6 Å².